The molecule has 24 heavy (non-hydrogen) atoms. The molecule has 1 heterocycles. The van der Waals surface area contributed by atoms with Gasteiger partial charge < -0.3 is 15.0 Å². The van der Waals surface area contributed by atoms with Crippen LogP contribution in [0.15, 0.2) is 48.8 Å². The first-order valence-electron chi connectivity index (χ1n) is 8.08. The summed E-state index contributed by atoms with van der Waals surface area (Å²) in [5.41, 5.74) is 3.31. The van der Waals surface area contributed by atoms with Crippen LogP contribution in [0.2, 0.25) is 0 Å². The average molecular weight is 327 g/mol. The zero-order valence-electron chi connectivity index (χ0n) is 14.5. The standard InChI is InChI=1S/C19H25N3O2/c1-15-7-4-5-9-18(15)13-22(12-17-8-6-10-20-11-17)19(23)21-16(2)14-24-3/h4-11,16H,12-14H2,1-3H3,(H,21,23)/t16-/m1/s1. The maximum Gasteiger partial charge on any atom is 0.318 e. The molecule has 5 nitrogen and oxygen atoms in total. The van der Waals surface area contributed by atoms with Gasteiger partial charge in [-0.2, -0.15) is 0 Å². The van der Waals surface area contributed by atoms with Crippen LogP contribution < -0.4 is 5.32 Å². The van der Waals surface area contributed by atoms with Crippen LogP contribution in [0.3, 0.4) is 0 Å². The van der Waals surface area contributed by atoms with Crippen molar-refractivity contribution in [2.75, 3.05) is 13.7 Å². The van der Waals surface area contributed by atoms with Gasteiger partial charge in [-0.05, 0) is 36.6 Å². The molecular formula is C19H25N3O2. The molecule has 0 radical (unpaired) electrons. The lowest BCUT2D eigenvalue weighted by molar-refractivity contribution is 0.156. The summed E-state index contributed by atoms with van der Waals surface area (Å²) in [5, 5.41) is 2.98. The van der Waals surface area contributed by atoms with Gasteiger partial charge in [0.2, 0.25) is 0 Å². The number of pyridine rings is 1. The summed E-state index contributed by atoms with van der Waals surface area (Å²) in [6, 6.07) is 11.8. The van der Waals surface area contributed by atoms with E-state index in [1.807, 2.05) is 31.2 Å². The van der Waals surface area contributed by atoms with Gasteiger partial charge in [0.1, 0.15) is 0 Å². The number of rotatable bonds is 7. The molecule has 0 fully saturated rings. The van der Waals surface area contributed by atoms with Crippen LogP contribution in [-0.2, 0) is 17.8 Å². The first-order valence-corrected chi connectivity index (χ1v) is 8.08. The van der Waals surface area contributed by atoms with Gasteiger partial charge in [0.15, 0.2) is 0 Å². The Labute approximate surface area is 143 Å². The Bertz CT molecular complexity index is 646. The number of nitrogens with one attached hydrogen (secondary N) is 1. The number of urea groups is 1. The molecule has 1 aromatic heterocycles. The Morgan fingerprint density at radius 2 is 2.04 bits per heavy atom. The lowest BCUT2D eigenvalue weighted by Gasteiger charge is -2.26. The minimum Gasteiger partial charge on any atom is -0.383 e. The van der Waals surface area contributed by atoms with Crippen molar-refractivity contribution in [3.05, 3.63) is 65.5 Å². The number of nitrogens with zero attached hydrogens (tertiary/aromatic N) is 2. The van der Waals surface area contributed by atoms with E-state index < -0.39 is 0 Å². The molecule has 0 saturated carbocycles. The fraction of sp³-hybridized carbons (Fsp3) is 0.368. The smallest absolute Gasteiger partial charge is 0.318 e. The SMILES string of the molecule is COC[C@@H](C)NC(=O)N(Cc1cccnc1)Cc1ccccc1C. The highest BCUT2D eigenvalue weighted by atomic mass is 16.5. The van der Waals surface area contributed by atoms with Crippen molar-refractivity contribution in [1.82, 2.24) is 15.2 Å². The number of hydrogen-bond donors (Lipinski definition) is 1. The summed E-state index contributed by atoms with van der Waals surface area (Å²) in [7, 11) is 1.63. The Morgan fingerprint density at radius 3 is 2.71 bits per heavy atom. The van der Waals surface area contributed by atoms with Gasteiger partial charge in [-0.15, -0.1) is 0 Å². The van der Waals surface area contributed by atoms with Crippen molar-refractivity contribution >= 4 is 6.03 Å². The first kappa shape index (κ1) is 17.9. The molecule has 1 N–H and O–H groups in total. The lowest BCUT2D eigenvalue weighted by Crippen LogP contribution is -2.44. The highest BCUT2D eigenvalue weighted by Crippen LogP contribution is 2.13. The summed E-state index contributed by atoms with van der Waals surface area (Å²) in [6.07, 6.45) is 3.52. The molecule has 2 amide bonds. The number of ether oxygens (including phenoxy) is 1. The molecule has 0 unspecified atom stereocenters. The van der Waals surface area contributed by atoms with Gasteiger partial charge in [0, 0.05) is 32.6 Å². The summed E-state index contributed by atoms with van der Waals surface area (Å²) in [6.45, 7) is 5.53. The predicted octanol–water partition coefficient (Wildman–Crippen LogP) is 3.14. The van der Waals surface area contributed by atoms with E-state index in [1.165, 1.54) is 5.56 Å². The minimum atomic E-state index is -0.105. The van der Waals surface area contributed by atoms with Crippen LogP contribution >= 0.6 is 0 Å². The van der Waals surface area contributed by atoms with E-state index in [0.717, 1.165) is 11.1 Å². The number of methoxy groups -OCH3 is 1. The van der Waals surface area contributed by atoms with Crippen molar-refractivity contribution in [2.24, 2.45) is 0 Å². The molecule has 1 atom stereocenters. The second kappa shape index (κ2) is 9.03. The summed E-state index contributed by atoms with van der Waals surface area (Å²) in [5.74, 6) is 0. The fourth-order valence-corrected chi connectivity index (χ4v) is 2.50. The van der Waals surface area contributed by atoms with Crippen molar-refractivity contribution < 1.29 is 9.53 Å². The third kappa shape index (κ3) is 5.35. The Kier molecular flexibility index (Phi) is 6.75. The van der Waals surface area contributed by atoms with Crippen LogP contribution in [0.5, 0.6) is 0 Å². The second-order valence-corrected chi connectivity index (χ2v) is 5.95. The van der Waals surface area contributed by atoms with Crippen molar-refractivity contribution in [1.29, 1.82) is 0 Å². The zero-order valence-corrected chi connectivity index (χ0v) is 14.5. The maximum absolute atomic E-state index is 12.7. The lowest BCUT2D eigenvalue weighted by atomic mass is 10.1. The van der Waals surface area contributed by atoms with E-state index >= 15 is 0 Å². The molecule has 0 bridgehead atoms. The minimum absolute atomic E-state index is 0.0456. The van der Waals surface area contributed by atoms with Gasteiger partial charge >= 0.3 is 6.03 Å². The highest BCUT2D eigenvalue weighted by molar-refractivity contribution is 5.74. The van der Waals surface area contributed by atoms with Gasteiger partial charge in [-0.3, -0.25) is 4.98 Å². The van der Waals surface area contributed by atoms with Gasteiger partial charge in [-0.1, -0.05) is 30.3 Å². The molecule has 2 rings (SSSR count). The molecule has 0 aliphatic heterocycles. The first-order chi connectivity index (χ1) is 11.6. The van der Waals surface area contributed by atoms with Crippen LogP contribution in [0.25, 0.3) is 0 Å². The Balaban J connectivity index is 2.14. The van der Waals surface area contributed by atoms with E-state index in [2.05, 4.69) is 29.4 Å². The van der Waals surface area contributed by atoms with Crippen molar-refractivity contribution in [3.8, 4) is 0 Å². The Morgan fingerprint density at radius 1 is 1.25 bits per heavy atom. The molecule has 0 saturated heterocycles. The van der Waals surface area contributed by atoms with E-state index in [1.54, 1.807) is 24.4 Å². The Hall–Kier alpha value is -2.40. The van der Waals surface area contributed by atoms with Crippen LogP contribution in [0.1, 0.15) is 23.6 Å². The van der Waals surface area contributed by atoms with E-state index in [4.69, 9.17) is 4.74 Å². The van der Waals surface area contributed by atoms with Crippen LogP contribution in [0, 0.1) is 6.92 Å². The number of benzene rings is 1. The molecular weight excluding hydrogens is 302 g/mol. The summed E-state index contributed by atoms with van der Waals surface area (Å²) in [4.78, 5) is 18.6. The third-order valence-corrected chi connectivity index (χ3v) is 3.79. The highest BCUT2D eigenvalue weighted by Gasteiger charge is 2.17. The molecule has 5 heteroatoms. The van der Waals surface area contributed by atoms with E-state index in [-0.39, 0.29) is 12.1 Å². The largest absolute Gasteiger partial charge is 0.383 e. The number of amides is 2. The van der Waals surface area contributed by atoms with Crippen molar-refractivity contribution in [2.45, 2.75) is 33.0 Å². The molecule has 0 aliphatic rings. The van der Waals surface area contributed by atoms with Gasteiger partial charge in [-0.25, -0.2) is 4.79 Å². The third-order valence-electron chi connectivity index (χ3n) is 3.79. The second-order valence-electron chi connectivity index (χ2n) is 5.95. The number of carbonyl (C=O) groups is 1. The number of aromatic nitrogens is 1. The monoisotopic (exact) mass is 327 g/mol. The summed E-state index contributed by atoms with van der Waals surface area (Å²) >= 11 is 0. The van der Waals surface area contributed by atoms with Crippen molar-refractivity contribution in [3.63, 3.8) is 0 Å². The number of aryl methyl sites for hydroxylation is 1. The molecule has 0 aliphatic carbocycles. The van der Waals surface area contributed by atoms with Crippen LogP contribution in [0.4, 0.5) is 4.79 Å². The van der Waals surface area contributed by atoms with Gasteiger partial charge in [0.25, 0.3) is 0 Å². The number of hydrogen-bond acceptors (Lipinski definition) is 3. The molecule has 1 aromatic carbocycles. The average Bonchev–Trinajstić information content (AvgIpc) is 2.57. The molecule has 128 valence electrons. The van der Waals surface area contributed by atoms with Gasteiger partial charge in [0.05, 0.1) is 12.6 Å². The topological polar surface area (TPSA) is 54.5 Å². The van der Waals surface area contributed by atoms with E-state index in [0.29, 0.717) is 19.7 Å². The van der Waals surface area contributed by atoms with Crippen LogP contribution in [-0.4, -0.2) is 35.7 Å². The molecule has 2 aromatic rings. The predicted molar refractivity (Wildman–Crippen MR) is 94.5 cm³/mol. The fourth-order valence-electron chi connectivity index (χ4n) is 2.50. The number of carbonyl (C=O) groups excluding carboxylic acids is 1. The van der Waals surface area contributed by atoms with E-state index in [9.17, 15) is 4.79 Å². The summed E-state index contributed by atoms with van der Waals surface area (Å²) < 4.78 is 5.10. The maximum atomic E-state index is 12.7. The normalized spacial score (nSPS) is 11.8. The quantitative estimate of drug-likeness (QED) is 0.850. The zero-order chi connectivity index (χ0) is 17.4. The molecule has 0 spiro atoms.